The lowest BCUT2D eigenvalue weighted by molar-refractivity contribution is 0.490. The van der Waals surface area contributed by atoms with E-state index in [-0.39, 0.29) is 6.04 Å². The number of hydrogen-bond donors (Lipinski definition) is 2. The van der Waals surface area contributed by atoms with Gasteiger partial charge in [-0.15, -0.1) is 0 Å². The molecule has 2 atom stereocenters. The van der Waals surface area contributed by atoms with Crippen LogP contribution in [0, 0.1) is 0 Å². The van der Waals surface area contributed by atoms with E-state index < -0.39 is 10.1 Å². The molecule has 5 heteroatoms. The molecule has 0 heterocycles. The number of benzene rings is 1. The molecule has 0 saturated carbocycles. The van der Waals surface area contributed by atoms with E-state index in [1.54, 1.807) is 0 Å². The van der Waals surface area contributed by atoms with Crippen molar-refractivity contribution >= 4 is 10.1 Å². The van der Waals surface area contributed by atoms with E-state index >= 15 is 0 Å². The summed E-state index contributed by atoms with van der Waals surface area (Å²) in [4.78, 5) is 0. The SMILES string of the molecule is CS(=O)(=O)O.C[C@@H](N)[C@@H](C)c1ccccc1. The molecule has 1 aromatic rings. The normalized spacial score (nSPS) is 14.6. The molecule has 4 nitrogen and oxygen atoms in total. The van der Waals surface area contributed by atoms with Crippen LogP contribution in [0.4, 0.5) is 0 Å². The molecule has 92 valence electrons. The molecule has 0 radical (unpaired) electrons. The van der Waals surface area contributed by atoms with Crippen LogP contribution in [0.3, 0.4) is 0 Å². The largest absolute Gasteiger partial charge is 0.327 e. The number of rotatable bonds is 2. The van der Waals surface area contributed by atoms with Crippen LogP contribution in [-0.2, 0) is 10.1 Å². The predicted molar refractivity (Wildman–Crippen MR) is 66.0 cm³/mol. The van der Waals surface area contributed by atoms with Gasteiger partial charge in [0.25, 0.3) is 10.1 Å². The molecule has 3 N–H and O–H groups in total. The zero-order chi connectivity index (χ0) is 12.8. The van der Waals surface area contributed by atoms with E-state index in [2.05, 4.69) is 19.1 Å². The van der Waals surface area contributed by atoms with Crippen molar-refractivity contribution in [3.63, 3.8) is 0 Å². The molecule has 0 unspecified atom stereocenters. The second kappa shape index (κ2) is 6.62. The maximum atomic E-state index is 9.19. The Morgan fingerprint density at radius 1 is 1.19 bits per heavy atom. The third kappa shape index (κ3) is 8.40. The van der Waals surface area contributed by atoms with Gasteiger partial charge in [0.05, 0.1) is 6.26 Å². The first-order chi connectivity index (χ1) is 7.22. The molecule has 16 heavy (non-hydrogen) atoms. The van der Waals surface area contributed by atoms with Gasteiger partial charge in [-0.25, -0.2) is 0 Å². The monoisotopic (exact) mass is 245 g/mol. The Morgan fingerprint density at radius 2 is 1.56 bits per heavy atom. The zero-order valence-corrected chi connectivity index (χ0v) is 10.6. The minimum atomic E-state index is -3.67. The van der Waals surface area contributed by atoms with Crippen molar-refractivity contribution in [3.8, 4) is 0 Å². The summed E-state index contributed by atoms with van der Waals surface area (Å²) in [6, 6.07) is 10.6. The highest BCUT2D eigenvalue weighted by molar-refractivity contribution is 7.85. The second-order valence-corrected chi connectivity index (χ2v) is 5.26. The van der Waals surface area contributed by atoms with Crippen LogP contribution >= 0.6 is 0 Å². The Hall–Kier alpha value is -0.910. The summed E-state index contributed by atoms with van der Waals surface area (Å²) in [5.74, 6) is 0.455. The summed E-state index contributed by atoms with van der Waals surface area (Å²) in [7, 11) is -3.67. The third-order valence-electron chi connectivity index (χ3n) is 2.11. The minimum Gasteiger partial charge on any atom is -0.327 e. The Labute approximate surface area is 97.2 Å². The Kier molecular flexibility index (Phi) is 6.25. The fraction of sp³-hybridized carbons (Fsp3) is 0.455. The van der Waals surface area contributed by atoms with E-state index in [0.29, 0.717) is 12.2 Å². The van der Waals surface area contributed by atoms with Crippen LogP contribution in [0.25, 0.3) is 0 Å². The van der Waals surface area contributed by atoms with Gasteiger partial charge in [0.1, 0.15) is 0 Å². The molecular weight excluding hydrogens is 226 g/mol. The summed E-state index contributed by atoms with van der Waals surface area (Å²) in [6.45, 7) is 4.19. The van der Waals surface area contributed by atoms with E-state index in [1.807, 2.05) is 25.1 Å². The molecular formula is C11H19NO3S. The summed E-state index contributed by atoms with van der Waals surface area (Å²) in [6.07, 6.45) is 0.715. The number of nitrogens with two attached hydrogens (primary N) is 1. The highest BCUT2D eigenvalue weighted by Gasteiger charge is 2.08. The number of hydrogen-bond acceptors (Lipinski definition) is 3. The van der Waals surface area contributed by atoms with E-state index in [9.17, 15) is 8.42 Å². The average Bonchev–Trinajstić information content (AvgIpc) is 2.15. The molecule has 0 fully saturated rings. The Morgan fingerprint density at radius 3 is 1.88 bits per heavy atom. The lowest BCUT2D eigenvalue weighted by atomic mass is 9.95. The van der Waals surface area contributed by atoms with Gasteiger partial charge in [0.2, 0.25) is 0 Å². The van der Waals surface area contributed by atoms with E-state index in [0.717, 1.165) is 0 Å². The second-order valence-electron chi connectivity index (χ2n) is 3.79. The molecule has 1 aromatic carbocycles. The summed E-state index contributed by atoms with van der Waals surface area (Å²) in [5.41, 5.74) is 7.09. The summed E-state index contributed by atoms with van der Waals surface area (Å²) >= 11 is 0. The quantitative estimate of drug-likeness (QED) is 0.776. The van der Waals surface area contributed by atoms with Gasteiger partial charge in [-0.2, -0.15) is 8.42 Å². The molecule has 0 aromatic heterocycles. The smallest absolute Gasteiger partial charge is 0.261 e. The predicted octanol–water partition coefficient (Wildman–Crippen LogP) is 1.64. The first-order valence-corrected chi connectivity index (χ1v) is 6.79. The van der Waals surface area contributed by atoms with Gasteiger partial charge < -0.3 is 5.73 Å². The molecule has 0 bridgehead atoms. The van der Waals surface area contributed by atoms with Crippen molar-refractivity contribution in [1.82, 2.24) is 0 Å². The van der Waals surface area contributed by atoms with Crippen molar-refractivity contribution in [2.45, 2.75) is 25.8 Å². The third-order valence-corrected chi connectivity index (χ3v) is 2.11. The fourth-order valence-electron chi connectivity index (χ4n) is 1.06. The van der Waals surface area contributed by atoms with Gasteiger partial charge in [0, 0.05) is 6.04 Å². The molecule has 0 amide bonds. The van der Waals surface area contributed by atoms with Crippen LogP contribution in [0.5, 0.6) is 0 Å². The highest BCUT2D eigenvalue weighted by atomic mass is 32.2. The lowest BCUT2D eigenvalue weighted by Crippen LogP contribution is -2.22. The first kappa shape index (κ1) is 15.1. The minimum absolute atomic E-state index is 0.234. The standard InChI is InChI=1S/C10H15N.CH4O3S/c1-8(9(2)11)10-6-4-3-5-7-10;1-5(2,3)4/h3-9H,11H2,1-2H3;1H3,(H,2,3,4)/t8-,9-;/m1./s1. The summed E-state index contributed by atoms with van der Waals surface area (Å²) < 4.78 is 25.9. The van der Waals surface area contributed by atoms with Crippen LogP contribution in [0.2, 0.25) is 0 Å². The molecule has 0 spiro atoms. The lowest BCUT2D eigenvalue weighted by Gasteiger charge is -2.15. The van der Waals surface area contributed by atoms with Crippen molar-refractivity contribution in [1.29, 1.82) is 0 Å². The Bertz CT molecular complexity index is 379. The molecule has 1 rings (SSSR count). The maximum absolute atomic E-state index is 9.19. The van der Waals surface area contributed by atoms with Crippen molar-refractivity contribution in [3.05, 3.63) is 35.9 Å². The molecule has 0 aliphatic heterocycles. The summed E-state index contributed by atoms with van der Waals surface area (Å²) in [5, 5.41) is 0. The van der Waals surface area contributed by atoms with E-state index in [4.69, 9.17) is 10.3 Å². The van der Waals surface area contributed by atoms with Gasteiger partial charge in [-0.1, -0.05) is 37.3 Å². The van der Waals surface area contributed by atoms with Gasteiger partial charge >= 0.3 is 0 Å². The van der Waals surface area contributed by atoms with Crippen LogP contribution in [-0.4, -0.2) is 25.3 Å². The van der Waals surface area contributed by atoms with Crippen molar-refractivity contribution in [2.75, 3.05) is 6.26 Å². The molecule has 0 aliphatic rings. The van der Waals surface area contributed by atoms with Gasteiger partial charge in [0.15, 0.2) is 0 Å². The highest BCUT2D eigenvalue weighted by Crippen LogP contribution is 2.16. The van der Waals surface area contributed by atoms with Crippen LogP contribution in [0.1, 0.15) is 25.3 Å². The van der Waals surface area contributed by atoms with Crippen molar-refractivity contribution in [2.24, 2.45) is 5.73 Å². The first-order valence-electron chi connectivity index (χ1n) is 4.94. The topological polar surface area (TPSA) is 80.4 Å². The molecule has 0 aliphatic carbocycles. The van der Waals surface area contributed by atoms with Gasteiger partial charge in [-0.05, 0) is 18.4 Å². The Balaban J connectivity index is 0.000000385. The van der Waals surface area contributed by atoms with Crippen molar-refractivity contribution < 1.29 is 13.0 Å². The zero-order valence-electron chi connectivity index (χ0n) is 9.79. The van der Waals surface area contributed by atoms with Crippen LogP contribution < -0.4 is 5.73 Å². The average molecular weight is 245 g/mol. The van der Waals surface area contributed by atoms with E-state index in [1.165, 1.54) is 5.56 Å². The van der Waals surface area contributed by atoms with Crippen LogP contribution in [0.15, 0.2) is 30.3 Å². The van der Waals surface area contributed by atoms with Gasteiger partial charge in [-0.3, -0.25) is 4.55 Å². The fourth-order valence-corrected chi connectivity index (χ4v) is 1.06. The molecule has 0 saturated heterocycles. The maximum Gasteiger partial charge on any atom is 0.261 e.